The summed E-state index contributed by atoms with van der Waals surface area (Å²) in [6, 6.07) is 0. The van der Waals surface area contributed by atoms with E-state index in [9.17, 15) is 0 Å². The smallest absolute Gasteiger partial charge is 0.134 e. The summed E-state index contributed by atoms with van der Waals surface area (Å²) in [6.07, 6.45) is 4.91. The first kappa shape index (κ1) is 8.03. The van der Waals surface area contributed by atoms with Crippen LogP contribution >= 0.6 is 12.2 Å². The summed E-state index contributed by atoms with van der Waals surface area (Å²) < 4.78 is 11.9. The van der Waals surface area contributed by atoms with E-state index in [1.165, 1.54) is 0 Å². The van der Waals surface area contributed by atoms with E-state index in [2.05, 4.69) is 4.40 Å². The zero-order chi connectivity index (χ0) is 8.27. The lowest BCUT2D eigenvalue weighted by Crippen LogP contribution is -2.20. The second-order valence-corrected chi connectivity index (χ2v) is 2.26. The van der Waals surface area contributed by atoms with E-state index >= 15 is 0 Å². The summed E-state index contributed by atoms with van der Waals surface area (Å²) >= 11 is 0.327. The Morgan fingerprint density at radius 2 is 2.36 bits per heavy atom. The third-order valence-electron chi connectivity index (χ3n) is 1.21. The summed E-state index contributed by atoms with van der Waals surface area (Å²) in [4.78, 5) is 0. The molecule has 1 rings (SSSR count). The Hall–Kier alpha value is -1.07. The molecule has 58 valence electrons. The Morgan fingerprint density at radius 1 is 1.64 bits per heavy atom. The summed E-state index contributed by atoms with van der Waals surface area (Å²) in [5.41, 5.74) is 6.31. The van der Waals surface area contributed by atoms with Crippen LogP contribution in [0, 0.1) is 5.41 Å². The van der Waals surface area contributed by atoms with Gasteiger partial charge in [-0.2, -0.15) is 4.40 Å². The molecule has 0 unspecified atom stereocenters. The number of nitrogens with two attached hydrogens (primary N) is 1. The molecule has 0 spiro atoms. The summed E-state index contributed by atoms with van der Waals surface area (Å²) in [7, 11) is 0. The normalized spacial score (nSPS) is 20.6. The molecule has 0 aliphatic heterocycles. The van der Waals surface area contributed by atoms with Crippen molar-refractivity contribution in [2.75, 3.05) is 0 Å². The van der Waals surface area contributed by atoms with E-state index < -0.39 is 0 Å². The van der Waals surface area contributed by atoms with Gasteiger partial charge >= 0.3 is 0 Å². The predicted molar refractivity (Wildman–Crippen MR) is 46.8 cm³/mol. The molecule has 1 aliphatic rings. The Morgan fingerprint density at radius 3 is 3.00 bits per heavy atom. The molecule has 0 aromatic rings. The van der Waals surface area contributed by atoms with Gasteiger partial charge in [0, 0.05) is 0 Å². The first-order valence-electron chi connectivity index (χ1n) is 2.87. The Kier molecular flexibility index (Phi) is 2.45. The fourth-order valence-electron chi connectivity index (χ4n) is 0.678. The standard InChI is InChI=1S/C6H7N3OS/c7-4-2-1-3-5(6(4)8)9-11-10/h1-3,8,10H,7H2/b8-6?,9-5-. The van der Waals surface area contributed by atoms with Gasteiger partial charge in [0.1, 0.15) is 23.7 Å². The molecule has 0 saturated carbocycles. The van der Waals surface area contributed by atoms with E-state index in [4.69, 9.17) is 15.7 Å². The highest BCUT2D eigenvalue weighted by atomic mass is 32.2. The maximum atomic E-state index is 8.36. The molecule has 0 bridgehead atoms. The SMILES string of the molecule is N=C1C(N)=CC=C/C1=N/SO. The first-order chi connectivity index (χ1) is 5.25. The third-order valence-corrected chi connectivity index (χ3v) is 1.49. The van der Waals surface area contributed by atoms with E-state index in [-0.39, 0.29) is 5.71 Å². The Balaban J connectivity index is 2.90. The molecule has 0 aromatic carbocycles. The molecule has 0 aromatic heterocycles. The molecule has 0 radical (unpaired) electrons. The van der Waals surface area contributed by atoms with Crippen LogP contribution < -0.4 is 5.73 Å². The van der Waals surface area contributed by atoms with Crippen LogP contribution in [0.4, 0.5) is 0 Å². The number of rotatable bonds is 1. The lowest BCUT2D eigenvalue weighted by molar-refractivity contribution is 0.666. The minimum atomic E-state index is 0.147. The molecular weight excluding hydrogens is 162 g/mol. The van der Waals surface area contributed by atoms with Crippen molar-refractivity contribution < 1.29 is 4.55 Å². The van der Waals surface area contributed by atoms with Crippen molar-refractivity contribution in [3.63, 3.8) is 0 Å². The monoisotopic (exact) mass is 169 g/mol. The van der Waals surface area contributed by atoms with Gasteiger partial charge in [-0.1, -0.05) is 6.08 Å². The van der Waals surface area contributed by atoms with Crippen LogP contribution in [0.25, 0.3) is 0 Å². The quantitative estimate of drug-likeness (QED) is 0.311. The maximum Gasteiger partial charge on any atom is 0.134 e. The Bertz CT molecular complexity index is 267. The molecule has 0 fully saturated rings. The molecule has 11 heavy (non-hydrogen) atoms. The lowest BCUT2D eigenvalue weighted by Gasteiger charge is -2.05. The third kappa shape index (κ3) is 1.69. The number of allylic oxidation sites excluding steroid dienone is 4. The highest BCUT2D eigenvalue weighted by Gasteiger charge is 2.09. The molecular formula is C6H7N3OS. The molecule has 0 amide bonds. The van der Waals surface area contributed by atoms with Gasteiger partial charge in [0.2, 0.25) is 0 Å². The van der Waals surface area contributed by atoms with Gasteiger partial charge in [0.25, 0.3) is 0 Å². The number of hydrogen-bond donors (Lipinski definition) is 3. The topological polar surface area (TPSA) is 82.5 Å². The van der Waals surface area contributed by atoms with Gasteiger partial charge in [0.15, 0.2) is 0 Å². The van der Waals surface area contributed by atoms with Crippen molar-refractivity contribution in [2.24, 2.45) is 10.1 Å². The van der Waals surface area contributed by atoms with Crippen molar-refractivity contribution in [1.82, 2.24) is 0 Å². The number of nitrogens with zero attached hydrogens (tertiary/aromatic N) is 1. The van der Waals surface area contributed by atoms with Crippen molar-refractivity contribution >= 4 is 23.7 Å². The number of hydrogen-bond acceptors (Lipinski definition) is 5. The van der Waals surface area contributed by atoms with Crippen LogP contribution in [-0.2, 0) is 0 Å². The molecule has 4 N–H and O–H groups in total. The number of nitrogens with one attached hydrogen (secondary N) is 1. The highest BCUT2D eigenvalue weighted by Crippen LogP contribution is 2.05. The van der Waals surface area contributed by atoms with E-state index in [1.807, 2.05) is 0 Å². The van der Waals surface area contributed by atoms with Gasteiger partial charge < -0.3 is 10.3 Å². The van der Waals surface area contributed by atoms with E-state index in [0.29, 0.717) is 23.6 Å². The van der Waals surface area contributed by atoms with Crippen LogP contribution in [0.3, 0.4) is 0 Å². The molecule has 4 nitrogen and oxygen atoms in total. The second-order valence-electron chi connectivity index (χ2n) is 1.91. The maximum absolute atomic E-state index is 8.36. The largest absolute Gasteiger partial charge is 0.397 e. The summed E-state index contributed by atoms with van der Waals surface area (Å²) in [6.45, 7) is 0. The predicted octanol–water partition coefficient (Wildman–Crippen LogP) is 0.981. The van der Waals surface area contributed by atoms with Crippen molar-refractivity contribution in [2.45, 2.75) is 0 Å². The van der Waals surface area contributed by atoms with Crippen LogP contribution in [0.5, 0.6) is 0 Å². The average Bonchev–Trinajstić information content (AvgIpc) is 1.99. The van der Waals surface area contributed by atoms with Crippen molar-refractivity contribution in [3.8, 4) is 0 Å². The van der Waals surface area contributed by atoms with Crippen LogP contribution in [0.2, 0.25) is 0 Å². The van der Waals surface area contributed by atoms with Crippen LogP contribution in [-0.4, -0.2) is 16.0 Å². The molecule has 0 heterocycles. The van der Waals surface area contributed by atoms with Crippen LogP contribution in [0.1, 0.15) is 0 Å². The average molecular weight is 169 g/mol. The minimum Gasteiger partial charge on any atom is -0.397 e. The van der Waals surface area contributed by atoms with Gasteiger partial charge in [-0.05, 0) is 12.2 Å². The molecule has 0 atom stereocenters. The van der Waals surface area contributed by atoms with Crippen LogP contribution in [0.15, 0.2) is 28.3 Å². The fraction of sp³-hybridized carbons (Fsp3) is 0. The summed E-state index contributed by atoms with van der Waals surface area (Å²) in [5, 5.41) is 7.36. The van der Waals surface area contributed by atoms with E-state index in [1.54, 1.807) is 18.2 Å². The minimum absolute atomic E-state index is 0.147. The molecule has 0 saturated heterocycles. The van der Waals surface area contributed by atoms with Gasteiger partial charge in [0.05, 0.1) is 5.70 Å². The lowest BCUT2D eigenvalue weighted by atomic mass is 10.1. The van der Waals surface area contributed by atoms with E-state index in [0.717, 1.165) is 0 Å². The highest BCUT2D eigenvalue weighted by molar-refractivity contribution is 7.92. The molecule has 5 heteroatoms. The second kappa shape index (κ2) is 3.36. The zero-order valence-corrected chi connectivity index (χ0v) is 6.43. The van der Waals surface area contributed by atoms with Gasteiger partial charge in [-0.3, -0.25) is 5.41 Å². The molecule has 1 aliphatic carbocycles. The zero-order valence-electron chi connectivity index (χ0n) is 5.61. The Labute approximate surface area is 68.4 Å². The summed E-state index contributed by atoms with van der Waals surface area (Å²) in [5.74, 6) is 0. The fourth-order valence-corrected chi connectivity index (χ4v) is 0.918. The van der Waals surface area contributed by atoms with Gasteiger partial charge in [-0.15, -0.1) is 0 Å². The van der Waals surface area contributed by atoms with Gasteiger partial charge in [-0.25, -0.2) is 0 Å². The van der Waals surface area contributed by atoms with Crippen molar-refractivity contribution in [3.05, 3.63) is 23.9 Å². The first-order valence-corrected chi connectivity index (χ1v) is 3.60. The van der Waals surface area contributed by atoms with Crippen molar-refractivity contribution in [1.29, 1.82) is 5.41 Å².